The van der Waals surface area contributed by atoms with Crippen LogP contribution in [0, 0.1) is 5.82 Å². The Labute approximate surface area is 109 Å². The predicted octanol–water partition coefficient (Wildman–Crippen LogP) is 1.86. The van der Waals surface area contributed by atoms with E-state index in [0.717, 1.165) is 0 Å². The molecule has 5 nitrogen and oxygen atoms in total. The molecule has 0 saturated carbocycles. The molecule has 0 aliphatic heterocycles. The number of Topliss-reactive ketones (excluding diaryl/α,β-unsaturated/α-hetero) is 1. The number of halogens is 1. The highest BCUT2D eigenvalue weighted by atomic mass is 19.1. The number of nitrogens with zero attached hydrogens (tertiary/aromatic N) is 2. The molecule has 0 radical (unpaired) electrons. The van der Waals surface area contributed by atoms with Gasteiger partial charge in [0.1, 0.15) is 12.4 Å². The molecule has 2 rings (SSSR count). The van der Waals surface area contributed by atoms with Gasteiger partial charge < -0.3 is 5.32 Å². The molecule has 1 N–H and O–H groups in total. The Morgan fingerprint density at radius 2 is 2.21 bits per heavy atom. The van der Waals surface area contributed by atoms with Crippen LogP contribution in [-0.2, 0) is 11.3 Å². The maximum absolute atomic E-state index is 12.9. The van der Waals surface area contributed by atoms with E-state index in [-0.39, 0.29) is 18.2 Å². The third-order valence-electron chi connectivity index (χ3n) is 2.45. The van der Waals surface area contributed by atoms with Gasteiger partial charge in [0.25, 0.3) is 0 Å². The minimum absolute atomic E-state index is 0.0379. The summed E-state index contributed by atoms with van der Waals surface area (Å²) in [6.45, 7) is 1.39. The van der Waals surface area contributed by atoms with E-state index in [0.29, 0.717) is 11.3 Å². The van der Waals surface area contributed by atoms with Crippen LogP contribution in [0.25, 0.3) is 0 Å². The molecule has 1 aromatic heterocycles. The van der Waals surface area contributed by atoms with Crippen molar-refractivity contribution < 1.29 is 14.0 Å². The molecule has 0 spiro atoms. The average Bonchev–Trinajstić information content (AvgIpc) is 2.77. The van der Waals surface area contributed by atoms with E-state index < -0.39 is 5.82 Å². The van der Waals surface area contributed by atoms with Gasteiger partial charge in [-0.1, -0.05) is 6.07 Å². The Kier molecular flexibility index (Phi) is 3.70. The minimum Gasteiger partial charge on any atom is -0.324 e. The van der Waals surface area contributed by atoms with Crippen LogP contribution in [0.2, 0.25) is 0 Å². The standard InChI is InChI=1S/C13H12FN3O2/c1-9(18)10-6-15-17(7-10)8-13(19)16-12-4-2-3-11(14)5-12/h2-7H,8H2,1H3,(H,16,19). The molecule has 19 heavy (non-hydrogen) atoms. The van der Waals surface area contributed by atoms with E-state index in [1.165, 1.54) is 42.2 Å². The summed E-state index contributed by atoms with van der Waals surface area (Å²) in [6, 6.07) is 5.61. The van der Waals surface area contributed by atoms with Crippen molar-refractivity contribution >= 4 is 17.4 Å². The maximum atomic E-state index is 12.9. The SMILES string of the molecule is CC(=O)c1cnn(CC(=O)Nc2cccc(F)c2)c1. The molecule has 98 valence electrons. The van der Waals surface area contributed by atoms with E-state index >= 15 is 0 Å². The Hall–Kier alpha value is -2.50. The maximum Gasteiger partial charge on any atom is 0.246 e. The third kappa shape index (κ3) is 3.48. The number of carbonyl (C=O) groups excluding carboxylic acids is 2. The van der Waals surface area contributed by atoms with Crippen LogP contribution in [0.15, 0.2) is 36.7 Å². The number of carbonyl (C=O) groups is 2. The lowest BCUT2D eigenvalue weighted by Crippen LogP contribution is -2.19. The number of aromatic nitrogens is 2. The Balaban J connectivity index is 1.99. The van der Waals surface area contributed by atoms with Crippen molar-refractivity contribution in [2.45, 2.75) is 13.5 Å². The van der Waals surface area contributed by atoms with Crippen LogP contribution < -0.4 is 5.32 Å². The fourth-order valence-electron chi connectivity index (χ4n) is 1.55. The van der Waals surface area contributed by atoms with Crippen molar-refractivity contribution in [2.75, 3.05) is 5.32 Å². The molecule has 1 heterocycles. The molecule has 6 heteroatoms. The van der Waals surface area contributed by atoms with E-state index in [4.69, 9.17) is 0 Å². The van der Waals surface area contributed by atoms with E-state index in [2.05, 4.69) is 10.4 Å². The highest BCUT2D eigenvalue weighted by Gasteiger charge is 2.07. The van der Waals surface area contributed by atoms with E-state index in [1.54, 1.807) is 6.07 Å². The summed E-state index contributed by atoms with van der Waals surface area (Å²) in [5, 5.41) is 6.44. The molecule has 0 bridgehead atoms. The van der Waals surface area contributed by atoms with Gasteiger partial charge in [-0.2, -0.15) is 5.10 Å². The summed E-state index contributed by atoms with van der Waals surface area (Å²) in [4.78, 5) is 22.8. The summed E-state index contributed by atoms with van der Waals surface area (Å²) in [7, 11) is 0. The fourth-order valence-corrected chi connectivity index (χ4v) is 1.55. The summed E-state index contributed by atoms with van der Waals surface area (Å²) in [5.41, 5.74) is 0.822. The number of rotatable bonds is 4. The molecular weight excluding hydrogens is 249 g/mol. The summed E-state index contributed by atoms with van der Waals surface area (Å²) in [6.07, 6.45) is 2.89. The van der Waals surface area contributed by atoms with Crippen molar-refractivity contribution in [1.29, 1.82) is 0 Å². The lowest BCUT2D eigenvalue weighted by molar-refractivity contribution is -0.116. The van der Waals surface area contributed by atoms with Crippen molar-refractivity contribution in [3.8, 4) is 0 Å². The number of benzene rings is 1. The van der Waals surface area contributed by atoms with Gasteiger partial charge in [-0.3, -0.25) is 14.3 Å². The van der Waals surface area contributed by atoms with Gasteiger partial charge in [0.05, 0.1) is 11.8 Å². The second-order valence-electron chi connectivity index (χ2n) is 4.04. The highest BCUT2D eigenvalue weighted by molar-refractivity contribution is 5.94. The quantitative estimate of drug-likeness (QED) is 0.854. The van der Waals surface area contributed by atoms with Crippen LogP contribution in [0.5, 0.6) is 0 Å². The fraction of sp³-hybridized carbons (Fsp3) is 0.154. The van der Waals surface area contributed by atoms with Gasteiger partial charge in [0.2, 0.25) is 5.91 Å². The van der Waals surface area contributed by atoms with Crippen molar-refractivity contribution in [3.05, 3.63) is 48.0 Å². The number of hydrogen-bond donors (Lipinski definition) is 1. The van der Waals surface area contributed by atoms with Gasteiger partial charge in [-0.05, 0) is 25.1 Å². The monoisotopic (exact) mass is 261 g/mol. The summed E-state index contributed by atoms with van der Waals surface area (Å²) in [5.74, 6) is -0.878. The molecule has 0 saturated heterocycles. The summed E-state index contributed by atoms with van der Waals surface area (Å²) >= 11 is 0. The zero-order valence-electron chi connectivity index (χ0n) is 10.3. The third-order valence-corrected chi connectivity index (χ3v) is 2.45. The van der Waals surface area contributed by atoms with Crippen LogP contribution >= 0.6 is 0 Å². The number of hydrogen-bond acceptors (Lipinski definition) is 3. The zero-order valence-corrected chi connectivity index (χ0v) is 10.3. The lowest BCUT2D eigenvalue weighted by atomic mass is 10.3. The topological polar surface area (TPSA) is 64.0 Å². The molecule has 0 aliphatic rings. The van der Waals surface area contributed by atoms with Crippen LogP contribution in [0.1, 0.15) is 17.3 Å². The van der Waals surface area contributed by atoms with Gasteiger partial charge in [-0.25, -0.2) is 4.39 Å². The van der Waals surface area contributed by atoms with Crippen molar-refractivity contribution in [3.63, 3.8) is 0 Å². The van der Waals surface area contributed by atoms with Crippen LogP contribution in [0.3, 0.4) is 0 Å². The number of anilines is 1. The van der Waals surface area contributed by atoms with Gasteiger partial charge in [0, 0.05) is 11.9 Å². The molecule has 0 aliphatic carbocycles. The second-order valence-corrected chi connectivity index (χ2v) is 4.04. The molecular formula is C13H12FN3O2. The predicted molar refractivity (Wildman–Crippen MR) is 67.3 cm³/mol. The van der Waals surface area contributed by atoms with E-state index in [9.17, 15) is 14.0 Å². The molecule has 0 fully saturated rings. The molecule has 0 atom stereocenters. The molecule has 1 amide bonds. The van der Waals surface area contributed by atoms with Gasteiger partial charge >= 0.3 is 0 Å². The van der Waals surface area contributed by atoms with Crippen molar-refractivity contribution in [2.24, 2.45) is 0 Å². The lowest BCUT2D eigenvalue weighted by Gasteiger charge is -2.05. The number of nitrogens with one attached hydrogen (secondary N) is 1. The minimum atomic E-state index is -0.421. The Morgan fingerprint density at radius 3 is 2.84 bits per heavy atom. The van der Waals surface area contributed by atoms with E-state index in [1.807, 2.05) is 0 Å². The highest BCUT2D eigenvalue weighted by Crippen LogP contribution is 2.09. The smallest absolute Gasteiger partial charge is 0.246 e. The van der Waals surface area contributed by atoms with Gasteiger partial charge in [0.15, 0.2) is 5.78 Å². The first-order valence-electron chi connectivity index (χ1n) is 5.63. The first-order chi connectivity index (χ1) is 9.04. The van der Waals surface area contributed by atoms with Crippen molar-refractivity contribution in [1.82, 2.24) is 9.78 Å². The zero-order chi connectivity index (χ0) is 13.8. The van der Waals surface area contributed by atoms with Crippen LogP contribution in [0.4, 0.5) is 10.1 Å². The average molecular weight is 261 g/mol. The number of amides is 1. The number of ketones is 1. The Morgan fingerprint density at radius 1 is 1.42 bits per heavy atom. The molecule has 1 aromatic carbocycles. The van der Waals surface area contributed by atoms with Gasteiger partial charge in [-0.15, -0.1) is 0 Å². The second kappa shape index (κ2) is 5.43. The normalized spacial score (nSPS) is 10.2. The van der Waals surface area contributed by atoms with Crippen LogP contribution in [-0.4, -0.2) is 21.5 Å². The molecule has 2 aromatic rings. The largest absolute Gasteiger partial charge is 0.324 e. The summed E-state index contributed by atoms with van der Waals surface area (Å²) < 4.78 is 14.3. The first kappa shape index (κ1) is 12.9. The Bertz CT molecular complexity index is 622. The first-order valence-corrected chi connectivity index (χ1v) is 5.63. The molecule has 0 unspecified atom stereocenters.